The summed E-state index contributed by atoms with van der Waals surface area (Å²) in [4.78, 5) is 18.5. The molecular formula is C16H21NO2. The molecule has 3 fully saturated rings. The summed E-state index contributed by atoms with van der Waals surface area (Å²) >= 11 is 0. The van der Waals surface area contributed by atoms with Crippen LogP contribution in [0.5, 0.6) is 0 Å². The lowest BCUT2D eigenvalue weighted by atomic mass is 9.90. The molecule has 102 valence electrons. The van der Waals surface area contributed by atoms with Gasteiger partial charge in [-0.3, -0.25) is 9.63 Å². The van der Waals surface area contributed by atoms with E-state index in [1.165, 1.54) is 0 Å². The highest BCUT2D eigenvalue weighted by Crippen LogP contribution is 2.34. The summed E-state index contributed by atoms with van der Waals surface area (Å²) in [6, 6.07) is 8.16. The molecule has 3 aliphatic rings. The van der Waals surface area contributed by atoms with E-state index in [0.717, 1.165) is 36.8 Å². The van der Waals surface area contributed by atoms with E-state index in [-0.39, 0.29) is 18.1 Å². The van der Waals surface area contributed by atoms with Gasteiger partial charge in [0.1, 0.15) is 0 Å². The SMILES string of the molecule is CC(C)c1ccccc1C(=O)N1OC2CCC1CC2. The zero-order chi connectivity index (χ0) is 13.4. The van der Waals surface area contributed by atoms with Crippen molar-refractivity contribution in [2.45, 2.75) is 57.6 Å². The fourth-order valence-corrected chi connectivity index (χ4v) is 3.16. The van der Waals surface area contributed by atoms with Crippen LogP contribution < -0.4 is 0 Å². The van der Waals surface area contributed by atoms with Crippen molar-refractivity contribution in [2.24, 2.45) is 0 Å². The van der Waals surface area contributed by atoms with Crippen molar-refractivity contribution in [3.63, 3.8) is 0 Å². The standard InChI is InChI=1S/C16H21NO2/c1-11(2)14-5-3-4-6-15(14)16(18)17-12-7-9-13(19-17)10-8-12/h3-6,11-13H,7-10H2,1-2H3. The summed E-state index contributed by atoms with van der Waals surface area (Å²) in [6.07, 6.45) is 4.61. The normalized spacial score (nSPS) is 25.9. The van der Waals surface area contributed by atoms with Gasteiger partial charge in [-0.25, -0.2) is 5.06 Å². The summed E-state index contributed by atoms with van der Waals surface area (Å²) in [6.45, 7) is 4.24. The molecule has 0 N–H and O–H groups in total. The average Bonchev–Trinajstić information content (AvgIpc) is 2.47. The number of hydrogen-bond donors (Lipinski definition) is 0. The lowest BCUT2D eigenvalue weighted by molar-refractivity contribution is -0.242. The molecule has 0 aromatic heterocycles. The molecule has 0 unspecified atom stereocenters. The molecule has 2 aliphatic heterocycles. The van der Waals surface area contributed by atoms with Crippen LogP contribution in [0.25, 0.3) is 0 Å². The fourth-order valence-electron chi connectivity index (χ4n) is 3.16. The highest BCUT2D eigenvalue weighted by molar-refractivity contribution is 5.95. The van der Waals surface area contributed by atoms with Gasteiger partial charge in [-0.15, -0.1) is 0 Å². The molecule has 2 saturated heterocycles. The van der Waals surface area contributed by atoms with Gasteiger partial charge in [0.2, 0.25) is 0 Å². The molecule has 19 heavy (non-hydrogen) atoms. The van der Waals surface area contributed by atoms with Crippen molar-refractivity contribution in [3.05, 3.63) is 35.4 Å². The molecule has 3 nitrogen and oxygen atoms in total. The maximum absolute atomic E-state index is 12.7. The van der Waals surface area contributed by atoms with Crippen molar-refractivity contribution < 1.29 is 9.63 Å². The smallest absolute Gasteiger partial charge is 0.267 e. The minimum atomic E-state index is 0.0405. The average molecular weight is 259 g/mol. The molecular weight excluding hydrogens is 238 g/mol. The second-order valence-electron chi connectivity index (χ2n) is 5.91. The molecule has 1 aromatic rings. The number of hydroxylamine groups is 2. The van der Waals surface area contributed by atoms with Crippen LogP contribution in [-0.4, -0.2) is 23.1 Å². The van der Waals surface area contributed by atoms with E-state index in [2.05, 4.69) is 13.8 Å². The van der Waals surface area contributed by atoms with Crippen molar-refractivity contribution in [1.29, 1.82) is 0 Å². The molecule has 4 rings (SSSR count). The Labute approximate surface area is 114 Å². The Balaban J connectivity index is 1.88. The van der Waals surface area contributed by atoms with Crippen LogP contribution >= 0.6 is 0 Å². The highest BCUT2D eigenvalue weighted by atomic mass is 16.7. The molecule has 0 radical (unpaired) electrons. The van der Waals surface area contributed by atoms with E-state index in [4.69, 9.17) is 4.84 Å². The minimum Gasteiger partial charge on any atom is -0.267 e. The van der Waals surface area contributed by atoms with Crippen LogP contribution in [0.2, 0.25) is 0 Å². The van der Waals surface area contributed by atoms with E-state index in [1.807, 2.05) is 24.3 Å². The number of rotatable bonds is 2. The van der Waals surface area contributed by atoms with Gasteiger partial charge >= 0.3 is 0 Å². The molecule has 1 saturated carbocycles. The summed E-state index contributed by atoms with van der Waals surface area (Å²) in [7, 11) is 0. The molecule has 3 heteroatoms. The molecule has 2 bridgehead atoms. The largest absolute Gasteiger partial charge is 0.277 e. The van der Waals surface area contributed by atoms with E-state index in [9.17, 15) is 4.79 Å². The quantitative estimate of drug-likeness (QED) is 0.813. The minimum absolute atomic E-state index is 0.0405. The molecule has 0 spiro atoms. The lowest BCUT2D eigenvalue weighted by Crippen LogP contribution is -2.51. The van der Waals surface area contributed by atoms with Gasteiger partial charge in [0.05, 0.1) is 12.1 Å². The van der Waals surface area contributed by atoms with Crippen LogP contribution in [-0.2, 0) is 4.84 Å². The molecule has 1 aliphatic carbocycles. The Hall–Kier alpha value is -1.35. The van der Waals surface area contributed by atoms with Crippen LogP contribution in [0.1, 0.15) is 61.4 Å². The summed E-state index contributed by atoms with van der Waals surface area (Å²) in [5, 5.41) is 1.65. The fraction of sp³-hybridized carbons (Fsp3) is 0.562. The monoisotopic (exact) mass is 259 g/mol. The van der Waals surface area contributed by atoms with Gasteiger partial charge in [-0.1, -0.05) is 32.0 Å². The molecule has 0 atom stereocenters. The van der Waals surface area contributed by atoms with Gasteiger partial charge < -0.3 is 0 Å². The Morgan fingerprint density at radius 3 is 2.47 bits per heavy atom. The molecule has 1 aromatic carbocycles. The third kappa shape index (κ3) is 2.27. The second kappa shape index (κ2) is 4.97. The summed E-state index contributed by atoms with van der Waals surface area (Å²) < 4.78 is 0. The summed E-state index contributed by atoms with van der Waals surface area (Å²) in [5.41, 5.74) is 1.91. The number of benzene rings is 1. The number of carbonyl (C=O) groups excluding carboxylic acids is 1. The van der Waals surface area contributed by atoms with Crippen LogP contribution in [0.4, 0.5) is 0 Å². The number of carbonyl (C=O) groups is 1. The molecule has 1 amide bonds. The van der Waals surface area contributed by atoms with Crippen molar-refractivity contribution in [2.75, 3.05) is 0 Å². The predicted octanol–water partition coefficient (Wildman–Crippen LogP) is 3.51. The Morgan fingerprint density at radius 2 is 1.89 bits per heavy atom. The van der Waals surface area contributed by atoms with Crippen LogP contribution in [0.3, 0.4) is 0 Å². The third-order valence-electron chi connectivity index (χ3n) is 4.25. The van der Waals surface area contributed by atoms with E-state index >= 15 is 0 Å². The van der Waals surface area contributed by atoms with Crippen LogP contribution in [0.15, 0.2) is 24.3 Å². The van der Waals surface area contributed by atoms with E-state index in [1.54, 1.807) is 5.06 Å². The number of fused-ring (bicyclic) bond motifs is 3. The maximum Gasteiger partial charge on any atom is 0.277 e. The van der Waals surface area contributed by atoms with E-state index in [0.29, 0.717) is 5.92 Å². The Bertz CT molecular complexity index is 475. The topological polar surface area (TPSA) is 29.5 Å². The molecule has 2 heterocycles. The number of amides is 1. The zero-order valence-electron chi connectivity index (χ0n) is 11.6. The third-order valence-corrected chi connectivity index (χ3v) is 4.25. The first-order valence-electron chi connectivity index (χ1n) is 7.26. The summed E-state index contributed by atoms with van der Waals surface area (Å²) in [5.74, 6) is 0.390. The van der Waals surface area contributed by atoms with Crippen molar-refractivity contribution in [3.8, 4) is 0 Å². The first-order valence-corrected chi connectivity index (χ1v) is 7.26. The van der Waals surface area contributed by atoms with Gasteiger partial charge in [-0.2, -0.15) is 0 Å². The number of hydrogen-bond acceptors (Lipinski definition) is 2. The second-order valence-corrected chi connectivity index (χ2v) is 5.91. The first-order chi connectivity index (χ1) is 9.16. The Morgan fingerprint density at radius 1 is 1.21 bits per heavy atom. The van der Waals surface area contributed by atoms with Crippen LogP contribution in [0, 0.1) is 0 Å². The highest BCUT2D eigenvalue weighted by Gasteiger charge is 2.38. The first kappa shape index (κ1) is 12.7. The van der Waals surface area contributed by atoms with Gasteiger partial charge in [0.15, 0.2) is 0 Å². The van der Waals surface area contributed by atoms with Crippen molar-refractivity contribution in [1.82, 2.24) is 5.06 Å². The Kier molecular flexibility index (Phi) is 3.31. The van der Waals surface area contributed by atoms with Crippen molar-refractivity contribution >= 4 is 5.91 Å². The van der Waals surface area contributed by atoms with Gasteiger partial charge in [0.25, 0.3) is 5.91 Å². The predicted molar refractivity (Wildman–Crippen MR) is 73.8 cm³/mol. The van der Waals surface area contributed by atoms with Gasteiger partial charge in [0, 0.05) is 5.56 Å². The zero-order valence-corrected chi connectivity index (χ0v) is 11.6. The number of nitrogens with zero attached hydrogens (tertiary/aromatic N) is 1. The van der Waals surface area contributed by atoms with E-state index < -0.39 is 0 Å². The maximum atomic E-state index is 12.7. The van der Waals surface area contributed by atoms with Gasteiger partial charge in [-0.05, 0) is 43.2 Å². The lowest BCUT2D eigenvalue weighted by Gasteiger charge is -2.44.